The van der Waals surface area contributed by atoms with Crippen molar-refractivity contribution in [3.8, 4) is 5.75 Å². The van der Waals surface area contributed by atoms with E-state index in [9.17, 15) is 4.79 Å². The SMILES string of the molecule is COc1ccc([C@@H](O)C(=O)O)cc1. The Hall–Kier alpha value is -1.55. The van der Waals surface area contributed by atoms with Gasteiger partial charge < -0.3 is 14.9 Å². The highest BCUT2D eigenvalue weighted by atomic mass is 16.5. The van der Waals surface area contributed by atoms with Gasteiger partial charge >= 0.3 is 5.97 Å². The molecule has 0 spiro atoms. The average molecular weight is 182 g/mol. The van der Waals surface area contributed by atoms with Gasteiger partial charge in [0.25, 0.3) is 0 Å². The summed E-state index contributed by atoms with van der Waals surface area (Å²) in [6.45, 7) is 0. The minimum absolute atomic E-state index is 0.341. The third-order valence-electron chi connectivity index (χ3n) is 1.67. The summed E-state index contributed by atoms with van der Waals surface area (Å²) >= 11 is 0. The molecular formula is C9H10O4. The first kappa shape index (κ1) is 9.54. The molecule has 0 aliphatic carbocycles. The van der Waals surface area contributed by atoms with Crippen molar-refractivity contribution in [1.29, 1.82) is 0 Å². The Bertz CT molecular complexity index is 291. The van der Waals surface area contributed by atoms with Crippen LogP contribution < -0.4 is 4.74 Å². The molecule has 70 valence electrons. The maximum atomic E-state index is 10.4. The van der Waals surface area contributed by atoms with E-state index in [-0.39, 0.29) is 0 Å². The van der Waals surface area contributed by atoms with Gasteiger partial charge in [0.05, 0.1) is 7.11 Å². The van der Waals surface area contributed by atoms with Gasteiger partial charge in [-0.2, -0.15) is 0 Å². The average Bonchev–Trinajstić information content (AvgIpc) is 2.17. The highest BCUT2D eigenvalue weighted by molar-refractivity contribution is 5.74. The second kappa shape index (κ2) is 3.91. The van der Waals surface area contributed by atoms with Crippen molar-refractivity contribution >= 4 is 5.97 Å². The van der Waals surface area contributed by atoms with Crippen LogP contribution in [-0.2, 0) is 4.79 Å². The number of hydrogen-bond donors (Lipinski definition) is 2. The van der Waals surface area contributed by atoms with E-state index in [2.05, 4.69) is 0 Å². The van der Waals surface area contributed by atoms with Crippen LogP contribution >= 0.6 is 0 Å². The number of carboxylic acid groups (broad SMARTS) is 1. The van der Waals surface area contributed by atoms with E-state index in [1.54, 1.807) is 12.1 Å². The topological polar surface area (TPSA) is 66.8 Å². The first-order valence-electron chi connectivity index (χ1n) is 3.70. The molecule has 4 nitrogen and oxygen atoms in total. The second-order valence-corrected chi connectivity index (χ2v) is 2.51. The van der Waals surface area contributed by atoms with E-state index in [0.29, 0.717) is 11.3 Å². The normalized spacial score (nSPS) is 12.2. The minimum atomic E-state index is -1.47. The van der Waals surface area contributed by atoms with Crippen LogP contribution in [0.5, 0.6) is 5.75 Å². The molecule has 0 unspecified atom stereocenters. The fraction of sp³-hybridized carbons (Fsp3) is 0.222. The van der Waals surface area contributed by atoms with Gasteiger partial charge in [0.1, 0.15) is 5.75 Å². The largest absolute Gasteiger partial charge is 0.497 e. The molecule has 4 heteroatoms. The zero-order valence-electron chi connectivity index (χ0n) is 7.10. The molecule has 0 aromatic heterocycles. The molecule has 0 radical (unpaired) electrons. The van der Waals surface area contributed by atoms with Crippen LogP contribution in [-0.4, -0.2) is 23.3 Å². The Labute approximate surface area is 75.4 Å². The van der Waals surface area contributed by atoms with Gasteiger partial charge in [-0.05, 0) is 17.7 Å². The summed E-state index contributed by atoms with van der Waals surface area (Å²) in [5, 5.41) is 17.6. The van der Waals surface area contributed by atoms with Crippen molar-refractivity contribution in [2.45, 2.75) is 6.10 Å². The lowest BCUT2D eigenvalue weighted by atomic mass is 10.1. The summed E-state index contributed by atoms with van der Waals surface area (Å²) in [5.41, 5.74) is 0.341. The molecule has 0 aliphatic rings. The lowest BCUT2D eigenvalue weighted by Gasteiger charge is -2.06. The summed E-state index contributed by atoms with van der Waals surface area (Å²) in [6.07, 6.45) is -1.47. The Morgan fingerprint density at radius 2 is 1.92 bits per heavy atom. The number of hydrogen-bond acceptors (Lipinski definition) is 3. The fourth-order valence-corrected chi connectivity index (χ4v) is 0.929. The third kappa shape index (κ3) is 2.19. The Morgan fingerprint density at radius 3 is 2.31 bits per heavy atom. The summed E-state index contributed by atoms with van der Waals surface area (Å²) in [5.74, 6) is -0.633. The number of aliphatic hydroxyl groups is 1. The maximum absolute atomic E-state index is 10.4. The van der Waals surface area contributed by atoms with Gasteiger partial charge in [0.15, 0.2) is 6.10 Å². The molecule has 0 aliphatic heterocycles. The summed E-state index contributed by atoms with van der Waals surface area (Å²) in [4.78, 5) is 10.4. The second-order valence-electron chi connectivity index (χ2n) is 2.51. The van der Waals surface area contributed by atoms with E-state index < -0.39 is 12.1 Å². The van der Waals surface area contributed by atoms with Gasteiger partial charge in [-0.25, -0.2) is 4.79 Å². The zero-order valence-corrected chi connectivity index (χ0v) is 7.10. The molecule has 1 rings (SSSR count). The smallest absolute Gasteiger partial charge is 0.337 e. The lowest BCUT2D eigenvalue weighted by molar-refractivity contribution is -0.146. The van der Waals surface area contributed by atoms with Crippen LogP contribution in [0.15, 0.2) is 24.3 Å². The van der Waals surface area contributed by atoms with Crippen LogP contribution in [0.25, 0.3) is 0 Å². The Kier molecular flexibility index (Phi) is 2.87. The van der Waals surface area contributed by atoms with E-state index >= 15 is 0 Å². The van der Waals surface area contributed by atoms with Crippen molar-refractivity contribution in [3.63, 3.8) is 0 Å². The first-order chi connectivity index (χ1) is 6.15. The van der Waals surface area contributed by atoms with Gasteiger partial charge in [-0.15, -0.1) is 0 Å². The molecule has 2 N–H and O–H groups in total. The molecule has 1 atom stereocenters. The quantitative estimate of drug-likeness (QED) is 0.726. The summed E-state index contributed by atoms with van der Waals surface area (Å²) in [6, 6.07) is 6.22. The summed E-state index contributed by atoms with van der Waals surface area (Å²) < 4.78 is 4.88. The number of carbonyl (C=O) groups is 1. The number of aliphatic carboxylic acids is 1. The number of ether oxygens (including phenoxy) is 1. The number of benzene rings is 1. The molecule has 0 saturated carbocycles. The van der Waals surface area contributed by atoms with E-state index in [4.69, 9.17) is 14.9 Å². The molecule has 0 amide bonds. The van der Waals surface area contributed by atoms with Gasteiger partial charge in [0, 0.05) is 0 Å². The van der Waals surface area contributed by atoms with Crippen molar-refractivity contribution in [2.24, 2.45) is 0 Å². The zero-order chi connectivity index (χ0) is 9.84. The van der Waals surface area contributed by atoms with E-state index in [1.165, 1.54) is 19.2 Å². The molecule has 0 fully saturated rings. The highest BCUT2D eigenvalue weighted by Gasteiger charge is 2.14. The van der Waals surface area contributed by atoms with Crippen molar-refractivity contribution in [1.82, 2.24) is 0 Å². The number of aliphatic hydroxyl groups excluding tert-OH is 1. The van der Waals surface area contributed by atoms with Crippen LogP contribution in [0.4, 0.5) is 0 Å². The molecule has 0 bridgehead atoms. The van der Waals surface area contributed by atoms with Crippen molar-refractivity contribution in [2.75, 3.05) is 7.11 Å². The molecule has 0 saturated heterocycles. The fourth-order valence-electron chi connectivity index (χ4n) is 0.929. The van der Waals surface area contributed by atoms with Crippen LogP contribution in [0.2, 0.25) is 0 Å². The predicted molar refractivity (Wildman–Crippen MR) is 45.6 cm³/mol. The van der Waals surface area contributed by atoms with E-state index in [0.717, 1.165) is 0 Å². The number of carboxylic acids is 1. The van der Waals surface area contributed by atoms with E-state index in [1.807, 2.05) is 0 Å². The number of methoxy groups -OCH3 is 1. The lowest BCUT2D eigenvalue weighted by Crippen LogP contribution is -2.09. The third-order valence-corrected chi connectivity index (χ3v) is 1.67. The van der Waals surface area contributed by atoms with Crippen LogP contribution in [0.3, 0.4) is 0 Å². The first-order valence-corrected chi connectivity index (χ1v) is 3.70. The monoisotopic (exact) mass is 182 g/mol. The highest BCUT2D eigenvalue weighted by Crippen LogP contribution is 2.17. The van der Waals surface area contributed by atoms with Gasteiger partial charge in [-0.3, -0.25) is 0 Å². The Balaban J connectivity index is 2.85. The standard InChI is InChI=1S/C9H10O4/c1-13-7-4-2-6(3-5-7)8(10)9(11)12/h2-5,8,10H,1H3,(H,11,12)/t8-/m1/s1. The summed E-state index contributed by atoms with van der Waals surface area (Å²) in [7, 11) is 1.52. The van der Waals surface area contributed by atoms with Crippen molar-refractivity contribution in [3.05, 3.63) is 29.8 Å². The minimum Gasteiger partial charge on any atom is -0.497 e. The van der Waals surface area contributed by atoms with Gasteiger partial charge in [0.2, 0.25) is 0 Å². The molecule has 1 aromatic rings. The number of rotatable bonds is 3. The van der Waals surface area contributed by atoms with Crippen LogP contribution in [0, 0.1) is 0 Å². The predicted octanol–water partition coefficient (Wildman–Crippen LogP) is 0.813. The maximum Gasteiger partial charge on any atom is 0.337 e. The van der Waals surface area contributed by atoms with Crippen LogP contribution in [0.1, 0.15) is 11.7 Å². The molecule has 13 heavy (non-hydrogen) atoms. The molecule has 0 heterocycles. The molecule has 1 aromatic carbocycles. The Morgan fingerprint density at radius 1 is 1.38 bits per heavy atom. The van der Waals surface area contributed by atoms with Gasteiger partial charge in [-0.1, -0.05) is 12.1 Å². The van der Waals surface area contributed by atoms with Crippen molar-refractivity contribution < 1.29 is 19.7 Å². The molecular weight excluding hydrogens is 172 g/mol.